The highest BCUT2D eigenvalue weighted by Gasteiger charge is 2.31. The Kier molecular flexibility index (Phi) is 9.85. The lowest BCUT2D eigenvalue weighted by Crippen LogP contribution is -2.25. The van der Waals surface area contributed by atoms with E-state index in [1.165, 1.54) is 38.5 Å². The van der Waals surface area contributed by atoms with Crippen LogP contribution in [0.1, 0.15) is 88.2 Å². The van der Waals surface area contributed by atoms with Crippen LogP contribution in [0.4, 0.5) is 13.2 Å². The minimum Gasteiger partial charge on any atom is -0.207 e. The normalized spacial score (nSPS) is 23.1. The van der Waals surface area contributed by atoms with Crippen LogP contribution in [0.2, 0.25) is 0 Å². The Labute approximate surface area is 244 Å². The molecule has 0 heterocycles. The van der Waals surface area contributed by atoms with E-state index in [-0.39, 0.29) is 17.3 Å². The van der Waals surface area contributed by atoms with Crippen LogP contribution >= 0.6 is 0 Å². The van der Waals surface area contributed by atoms with Gasteiger partial charge in [-0.3, -0.25) is 0 Å². The summed E-state index contributed by atoms with van der Waals surface area (Å²) >= 11 is 0. The molecule has 0 saturated heterocycles. The quantitative estimate of drug-likeness (QED) is 0.182. The number of benzene rings is 3. The predicted molar refractivity (Wildman–Crippen MR) is 165 cm³/mol. The molecule has 2 aliphatic carbocycles. The zero-order valence-corrected chi connectivity index (χ0v) is 24.4. The molecule has 0 bridgehead atoms. The van der Waals surface area contributed by atoms with Crippen molar-refractivity contribution in [2.75, 3.05) is 0 Å². The molecule has 0 amide bonds. The Morgan fingerprint density at radius 3 is 2.00 bits per heavy atom. The molecule has 0 N–H and O–H groups in total. The van der Waals surface area contributed by atoms with E-state index in [4.69, 9.17) is 0 Å². The van der Waals surface area contributed by atoms with Crippen LogP contribution in [0.15, 0.2) is 79.4 Å². The van der Waals surface area contributed by atoms with Crippen molar-refractivity contribution in [1.29, 1.82) is 0 Å². The molecule has 0 radical (unpaired) electrons. The maximum Gasteiger partial charge on any atom is 0.166 e. The number of unbranched alkanes of at least 4 members (excludes halogenated alkanes) is 1. The van der Waals surface area contributed by atoms with Crippen LogP contribution in [0.25, 0.3) is 22.3 Å². The minimum atomic E-state index is -0.809. The van der Waals surface area contributed by atoms with Crippen LogP contribution in [0.5, 0.6) is 0 Å². The summed E-state index contributed by atoms with van der Waals surface area (Å²) in [5, 5.41) is 0. The molecule has 2 fully saturated rings. The summed E-state index contributed by atoms with van der Waals surface area (Å²) in [5.41, 5.74) is 3.76. The number of hydrogen-bond acceptors (Lipinski definition) is 0. The molecule has 0 spiro atoms. The van der Waals surface area contributed by atoms with Crippen molar-refractivity contribution in [1.82, 2.24) is 0 Å². The van der Waals surface area contributed by atoms with Gasteiger partial charge >= 0.3 is 0 Å². The van der Waals surface area contributed by atoms with Crippen molar-refractivity contribution < 1.29 is 13.2 Å². The molecule has 2 saturated carbocycles. The van der Waals surface area contributed by atoms with Gasteiger partial charge in [-0.1, -0.05) is 66.8 Å². The molecule has 3 heteroatoms. The first-order chi connectivity index (χ1) is 20.0. The summed E-state index contributed by atoms with van der Waals surface area (Å²) in [6.07, 6.45) is 18.0. The van der Waals surface area contributed by atoms with E-state index in [2.05, 4.69) is 12.7 Å². The summed E-state index contributed by atoms with van der Waals surface area (Å²) in [6.45, 7) is 5.92. The summed E-state index contributed by atoms with van der Waals surface area (Å²) < 4.78 is 45.0. The van der Waals surface area contributed by atoms with Crippen LogP contribution in [0.3, 0.4) is 0 Å². The first-order valence-corrected chi connectivity index (χ1v) is 15.6. The second kappa shape index (κ2) is 13.7. The van der Waals surface area contributed by atoms with Gasteiger partial charge in [-0.05, 0) is 135 Å². The average Bonchev–Trinajstić information content (AvgIpc) is 3.01. The summed E-state index contributed by atoms with van der Waals surface area (Å²) in [4.78, 5) is 0. The first-order valence-electron chi connectivity index (χ1n) is 15.6. The smallest absolute Gasteiger partial charge is 0.166 e. The number of allylic oxidation sites excluding steroid dienone is 3. The van der Waals surface area contributed by atoms with Crippen LogP contribution in [-0.4, -0.2) is 0 Å². The van der Waals surface area contributed by atoms with E-state index in [0.29, 0.717) is 23.5 Å². The van der Waals surface area contributed by atoms with E-state index in [1.807, 2.05) is 43.3 Å². The van der Waals surface area contributed by atoms with Crippen LogP contribution < -0.4 is 0 Å². The molecule has 41 heavy (non-hydrogen) atoms. The van der Waals surface area contributed by atoms with E-state index in [1.54, 1.807) is 30.3 Å². The van der Waals surface area contributed by atoms with E-state index in [0.717, 1.165) is 54.2 Å². The van der Waals surface area contributed by atoms with Crippen LogP contribution in [0, 0.1) is 35.2 Å². The lowest BCUT2D eigenvalue weighted by Gasteiger charge is -2.37. The number of halogens is 3. The molecule has 2 aliphatic rings. The van der Waals surface area contributed by atoms with Gasteiger partial charge in [0.05, 0.1) is 0 Å². The van der Waals surface area contributed by atoms with Crippen molar-refractivity contribution in [2.45, 2.75) is 83.5 Å². The number of aryl methyl sites for hydroxylation is 1. The van der Waals surface area contributed by atoms with Gasteiger partial charge in [-0.15, -0.1) is 6.58 Å². The fourth-order valence-electron chi connectivity index (χ4n) is 7.22. The summed E-state index contributed by atoms with van der Waals surface area (Å²) in [5.74, 6) is 0.893. The Bertz CT molecular complexity index is 1340. The molecule has 0 atom stereocenters. The third-order valence-corrected chi connectivity index (χ3v) is 9.77. The highest BCUT2D eigenvalue weighted by Crippen LogP contribution is 2.44. The number of rotatable bonds is 9. The van der Waals surface area contributed by atoms with E-state index < -0.39 is 11.6 Å². The third kappa shape index (κ3) is 6.88. The maximum atomic E-state index is 15.4. The summed E-state index contributed by atoms with van der Waals surface area (Å²) in [6, 6.07) is 16.2. The lowest BCUT2D eigenvalue weighted by molar-refractivity contribution is 0.171. The molecule has 0 unspecified atom stereocenters. The Morgan fingerprint density at radius 1 is 0.732 bits per heavy atom. The van der Waals surface area contributed by atoms with Crippen molar-refractivity contribution in [3.05, 3.63) is 108 Å². The molecule has 5 rings (SSSR count). The van der Waals surface area contributed by atoms with Crippen molar-refractivity contribution in [2.24, 2.45) is 17.8 Å². The molecule has 3 aromatic carbocycles. The standard InChI is InChI=1S/C38H43F3/c1-3-5-6-7-8-32-21-24-35(38(41)37(32)40)31-19-15-29(16-20-31)33-22-23-34(36(39)25-33)30-17-13-28(14-18-30)27-11-9-26(4-2)10-12-27/h3-5,15-16,19-28,30H,2,6-14,17-18H2,1H3/b5-3-. The molecule has 216 valence electrons. The second-order valence-electron chi connectivity index (χ2n) is 12.2. The predicted octanol–water partition coefficient (Wildman–Crippen LogP) is 11.6. The molecule has 0 aliphatic heterocycles. The van der Waals surface area contributed by atoms with Gasteiger partial charge in [-0.2, -0.15) is 0 Å². The lowest BCUT2D eigenvalue weighted by atomic mass is 9.68. The fraction of sp³-hybridized carbons (Fsp3) is 0.421. The largest absolute Gasteiger partial charge is 0.207 e. The van der Waals surface area contributed by atoms with Gasteiger partial charge in [-0.25, -0.2) is 13.2 Å². The highest BCUT2D eigenvalue weighted by atomic mass is 19.2. The Hall–Kier alpha value is -3.07. The number of hydrogen-bond donors (Lipinski definition) is 0. The van der Waals surface area contributed by atoms with Crippen molar-refractivity contribution in [3.63, 3.8) is 0 Å². The zero-order chi connectivity index (χ0) is 28.8. The maximum absolute atomic E-state index is 15.4. The van der Waals surface area contributed by atoms with Crippen LogP contribution in [-0.2, 0) is 6.42 Å². The van der Waals surface area contributed by atoms with Gasteiger partial charge in [0.25, 0.3) is 0 Å². The second-order valence-corrected chi connectivity index (χ2v) is 12.2. The van der Waals surface area contributed by atoms with Gasteiger partial charge in [0.2, 0.25) is 0 Å². The topological polar surface area (TPSA) is 0 Å². The monoisotopic (exact) mass is 556 g/mol. The highest BCUT2D eigenvalue weighted by molar-refractivity contribution is 5.71. The zero-order valence-electron chi connectivity index (χ0n) is 24.4. The van der Waals surface area contributed by atoms with Gasteiger partial charge in [0.1, 0.15) is 5.82 Å². The summed E-state index contributed by atoms with van der Waals surface area (Å²) in [7, 11) is 0. The molecule has 3 aromatic rings. The minimum absolute atomic E-state index is 0.139. The average molecular weight is 557 g/mol. The Balaban J connectivity index is 1.21. The Morgan fingerprint density at radius 2 is 1.37 bits per heavy atom. The van der Waals surface area contributed by atoms with E-state index >= 15 is 4.39 Å². The third-order valence-electron chi connectivity index (χ3n) is 9.77. The van der Waals surface area contributed by atoms with Crippen molar-refractivity contribution in [3.8, 4) is 22.3 Å². The first kappa shape index (κ1) is 29.4. The molecular weight excluding hydrogens is 513 g/mol. The van der Waals surface area contributed by atoms with Gasteiger partial charge < -0.3 is 0 Å². The van der Waals surface area contributed by atoms with Gasteiger partial charge in [0, 0.05) is 5.56 Å². The molecule has 0 aromatic heterocycles. The molecular formula is C38H43F3. The molecule has 0 nitrogen and oxygen atoms in total. The van der Waals surface area contributed by atoms with E-state index in [9.17, 15) is 8.78 Å². The van der Waals surface area contributed by atoms with Crippen molar-refractivity contribution >= 4 is 0 Å². The van der Waals surface area contributed by atoms with Gasteiger partial charge in [0.15, 0.2) is 11.6 Å². The SMILES string of the molecule is C=CC1CCC(C2CCC(c3ccc(-c4ccc(-c5ccc(CCC/C=C\C)c(F)c5F)cc4)cc3F)CC2)CC1. The fourth-order valence-corrected chi connectivity index (χ4v) is 7.22.